The molecule has 3 rings (SSSR count). The average Bonchev–Trinajstić information content (AvgIpc) is 2.97. The molecule has 0 aromatic heterocycles. The molecule has 2 amide bonds. The van der Waals surface area contributed by atoms with Crippen LogP contribution in [0.2, 0.25) is 0 Å². The molecule has 5 nitrogen and oxygen atoms in total. The molecule has 0 spiro atoms. The van der Waals surface area contributed by atoms with Crippen LogP contribution < -0.4 is 15.0 Å². The fraction of sp³-hybridized carbons (Fsp3) is 0.222. The third-order valence-electron chi connectivity index (χ3n) is 4.06. The number of ether oxygens (including phenoxy) is 1. The molecule has 1 unspecified atom stereocenters. The van der Waals surface area contributed by atoms with E-state index in [4.69, 9.17) is 4.74 Å². The molecule has 130 valence electrons. The molecule has 1 heterocycles. The molecule has 1 saturated heterocycles. The van der Waals surface area contributed by atoms with Crippen molar-refractivity contribution in [2.75, 3.05) is 23.9 Å². The maximum Gasteiger partial charge on any atom is 0.229 e. The molecule has 2 aromatic rings. The molecule has 25 heavy (non-hydrogen) atoms. The molecule has 0 saturated carbocycles. The number of anilines is 2. The Morgan fingerprint density at radius 3 is 2.76 bits per heavy atom. The summed E-state index contributed by atoms with van der Waals surface area (Å²) in [5.41, 5.74) is 1.06. The number of para-hydroxylation sites is 1. The number of amides is 2. The van der Waals surface area contributed by atoms with Crippen LogP contribution in [0.3, 0.4) is 0 Å². The summed E-state index contributed by atoms with van der Waals surface area (Å²) in [7, 11) is 1.37. The lowest BCUT2D eigenvalue weighted by Gasteiger charge is -2.18. The standard InChI is InChI=1S/C18H16BrFN2O3/c1-25-16-7-6-12(9-14(16)20)21-18(24)11-8-17(23)22(10-11)15-5-3-2-4-13(15)19/h2-7,9,11H,8,10H2,1H3,(H,21,24). The van der Waals surface area contributed by atoms with Gasteiger partial charge in [0.2, 0.25) is 11.8 Å². The minimum Gasteiger partial charge on any atom is -0.494 e. The van der Waals surface area contributed by atoms with E-state index in [9.17, 15) is 14.0 Å². The van der Waals surface area contributed by atoms with Crippen molar-refractivity contribution >= 4 is 39.1 Å². The SMILES string of the molecule is COc1ccc(NC(=O)C2CC(=O)N(c3ccccc3Br)C2)cc1F. The minimum absolute atomic E-state index is 0.106. The van der Waals surface area contributed by atoms with Crippen LogP contribution in [0.5, 0.6) is 5.75 Å². The van der Waals surface area contributed by atoms with E-state index in [1.54, 1.807) is 11.0 Å². The first-order valence-corrected chi connectivity index (χ1v) is 8.48. The largest absolute Gasteiger partial charge is 0.494 e. The van der Waals surface area contributed by atoms with E-state index in [1.165, 1.54) is 19.2 Å². The molecule has 0 radical (unpaired) electrons. The summed E-state index contributed by atoms with van der Waals surface area (Å²) in [5.74, 6) is -1.38. The smallest absolute Gasteiger partial charge is 0.229 e. The van der Waals surface area contributed by atoms with Crippen molar-refractivity contribution in [3.05, 3.63) is 52.8 Å². The maximum absolute atomic E-state index is 13.7. The van der Waals surface area contributed by atoms with Crippen LogP contribution in [0.4, 0.5) is 15.8 Å². The Bertz CT molecular complexity index is 828. The van der Waals surface area contributed by atoms with E-state index in [1.807, 2.05) is 24.3 Å². The number of methoxy groups -OCH3 is 1. The second-order valence-corrected chi connectivity index (χ2v) is 6.55. The van der Waals surface area contributed by atoms with Gasteiger partial charge >= 0.3 is 0 Å². The average molecular weight is 407 g/mol. The van der Waals surface area contributed by atoms with E-state index in [2.05, 4.69) is 21.2 Å². The fourth-order valence-corrected chi connectivity index (χ4v) is 3.27. The summed E-state index contributed by atoms with van der Waals surface area (Å²) in [6.45, 7) is 0.284. The Hall–Kier alpha value is -2.41. The fourth-order valence-electron chi connectivity index (χ4n) is 2.78. The number of rotatable bonds is 4. The number of halogens is 2. The van der Waals surface area contributed by atoms with Crippen LogP contribution >= 0.6 is 15.9 Å². The van der Waals surface area contributed by atoms with E-state index >= 15 is 0 Å². The van der Waals surface area contributed by atoms with Gasteiger partial charge in [-0.3, -0.25) is 9.59 Å². The van der Waals surface area contributed by atoms with E-state index in [0.717, 1.165) is 10.2 Å². The molecule has 1 aliphatic heterocycles. The van der Waals surface area contributed by atoms with Gasteiger partial charge < -0.3 is 15.0 Å². The van der Waals surface area contributed by atoms with Gasteiger partial charge in [-0.25, -0.2) is 4.39 Å². The van der Waals surface area contributed by atoms with E-state index in [-0.39, 0.29) is 30.5 Å². The highest BCUT2D eigenvalue weighted by atomic mass is 79.9. The van der Waals surface area contributed by atoms with Crippen LogP contribution in [0, 0.1) is 11.7 Å². The van der Waals surface area contributed by atoms with Gasteiger partial charge in [0, 0.05) is 29.2 Å². The highest BCUT2D eigenvalue weighted by Crippen LogP contribution is 2.31. The molecule has 1 atom stereocenters. The van der Waals surface area contributed by atoms with Crippen LogP contribution in [-0.4, -0.2) is 25.5 Å². The first kappa shape index (κ1) is 17.4. The zero-order valence-electron chi connectivity index (χ0n) is 13.5. The number of hydrogen-bond acceptors (Lipinski definition) is 3. The summed E-state index contributed by atoms with van der Waals surface area (Å²) in [6, 6.07) is 11.5. The monoisotopic (exact) mass is 406 g/mol. The van der Waals surface area contributed by atoms with Gasteiger partial charge in [0.1, 0.15) is 0 Å². The van der Waals surface area contributed by atoms with Crippen LogP contribution in [0.1, 0.15) is 6.42 Å². The Morgan fingerprint density at radius 2 is 2.08 bits per heavy atom. The molecular formula is C18H16BrFN2O3. The number of nitrogens with zero attached hydrogens (tertiary/aromatic N) is 1. The molecule has 2 aromatic carbocycles. The second kappa shape index (κ2) is 7.23. The van der Waals surface area contributed by atoms with Gasteiger partial charge in [-0.15, -0.1) is 0 Å². The van der Waals surface area contributed by atoms with Crippen molar-refractivity contribution in [1.29, 1.82) is 0 Å². The molecule has 1 fully saturated rings. The lowest BCUT2D eigenvalue weighted by atomic mass is 10.1. The van der Waals surface area contributed by atoms with E-state index < -0.39 is 11.7 Å². The van der Waals surface area contributed by atoms with Crippen LogP contribution in [0.15, 0.2) is 46.9 Å². The quantitative estimate of drug-likeness (QED) is 0.843. The highest BCUT2D eigenvalue weighted by molar-refractivity contribution is 9.10. The molecule has 0 aliphatic carbocycles. The predicted octanol–water partition coefficient (Wildman–Crippen LogP) is 3.59. The lowest BCUT2D eigenvalue weighted by Crippen LogP contribution is -2.28. The highest BCUT2D eigenvalue weighted by Gasteiger charge is 2.35. The number of carbonyl (C=O) groups excluding carboxylic acids is 2. The van der Waals surface area contributed by atoms with E-state index in [0.29, 0.717) is 5.69 Å². The minimum atomic E-state index is -0.558. The Balaban J connectivity index is 1.71. The van der Waals surface area contributed by atoms with Crippen molar-refractivity contribution in [3.8, 4) is 5.75 Å². The number of benzene rings is 2. The van der Waals surface area contributed by atoms with Crippen molar-refractivity contribution in [3.63, 3.8) is 0 Å². The van der Waals surface area contributed by atoms with Gasteiger partial charge in [0.05, 0.1) is 18.7 Å². The number of nitrogens with one attached hydrogen (secondary N) is 1. The molecular weight excluding hydrogens is 391 g/mol. The number of carbonyl (C=O) groups is 2. The summed E-state index contributed by atoms with van der Waals surface area (Å²) in [4.78, 5) is 26.3. The summed E-state index contributed by atoms with van der Waals surface area (Å²) < 4.78 is 19.4. The lowest BCUT2D eigenvalue weighted by molar-refractivity contribution is -0.122. The van der Waals surface area contributed by atoms with Gasteiger partial charge in [-0.2, -0.15) is 0 Å². The van der Waals surface area contributed by atoms with Crippen molar-refractivity contribution in [2.45, 2.75) is 6.42 Å². The molecule has 1 aliphatic rings. The molecule has 7 heteroatoms. The number of hydrogen-bond donors (Lipinski definition) is 1. The van der Waals surface area contributed by atoms with Gasteiger partial charge in [0.25, 0.3) is 0 Å². The third-order valence-corrected chi connectivity index (χ3v) is 4.73. The molecule has 1 N–H and O–H groups in total. The van der Waals surface area contributed by atoms with Gasteiger partial charge in [-0.05, 0) is 40.2 Å². The zero-order valence-corrected chi connectivity index (χ0v) is 15.0. The topological polar surface area (TPSA) is 58.6 Å². The summed E-state index contributed by atoms with van der Waals surface area (Å²) in [6.07, 6.45) is 0.117. The zero-order chi connectivity index (χ0) is 18.0. The van der Waals surface area contributed by atoms with Gasteiger partial charge in [0.15, 0.2) is 11.6 Å². The first-order chi connectivity index (χ1) is 12.0. The summed E-state index contributed by atoms with van der Waals surface area (Å²) in [5, 5.41) is 2.66. The first-order valence-electron chi connectivity index (χ1n) is 7.69. The van der Waals surface area contributed by atoms with Crippen LogP contribution in [-0.2, 0) is 9.59 Å². The maximum atomic E-state index is 13.7. The summed E-state index contributed by atoms with van der Waals surface area (Å²) >= 11 is 3.42. The Morgan fingerprint density at radius 1 is 1.32 bits per heavy atom. The third kappa shape index (κ3) is 3.66. The van der Waals surface area contributed by atoms with Crippen LogP contribution in [0.25, 0.3) is 0 Å². The molecule has 0 bridgehead atoms. The Kier molecular flexibility index (Phi) is 5.03. The Labute approximate surface area is 152 Å². The van der Waals surface area contributed by atoms with Crippen molar-refractivity contribution in [1.82, 2.24) is 0 Å². The normalized spacial score (nSPS) is 16.8. The van der Waals surface area contributed by atoms with Gasteiger partial charge in [-0.1, -0.05) is 12.1 Å². The second-order valence-electron chi connectivity index (χ2n) is 5.70. The van der Waals surface area contributed by atoms with Crippen molar-refractivity contribution < 1.29 is 18.7 Å². The van der Waals surface area contributed by atoms with Crippen molar-refractivity contribution in [2.24, 2.45) is 5.92 Å². The predicted molar refractivity (Wildman–Crippen MR) is 96.2 cm³/mol.